The van der Waals surface area contributed by atoms with Gasteiger partial charge >= 0.3 is 0 Å². The van der Waals surface area contributed by atoms with Gasteiger partial charge in [0, 0.05) is 0 Å². The van der Waals surface area contributed by atoms with Crippen molar-refractivity contribution >= 4 is 5.78 Å². The van der Waals surface area contributed by atoms with E-state index in [4.69, 9.17) is 0 Å². The standard InChI is InChI=1S/C14H16FNO/c15-12-8-9-13(16-10-12)14(17)11-6-4-2-1-3-5-7-11/h6,8-10H,1-5,7H2/b11-6+. The normalized spacial score (nSPS) is 19.9. The Balaban J connectivity index is 2.15. The molecule has 0 fully saturated rings. The van der Waals surface area contributed by atoms with E-state index in [1.807, 2.05) is 6.08 Å². The summed E-state index contributed by atoms with van der Waals surface area (Å²) < 4.78 is 12.7. The molecular weight excluding hydrogens is 217 g/mol. The fourth-order valence-corrected chi connectivity index (χ4v) is 2.07. The number of carbonyl (C=O) groups is 1. The summed E-state index contributed by atoms with van der Waals surface area (Å²) in [6.45, 7) is 0. The largest absolute Gasteiger partial charge is 0.287 e. The second kappa shape index (κ2) is 5.71. The van der Waals surface area contributed by atoms with E-state index >= 15 is 0 Å². The number of ketones is 1. The van der Waals surface area contributed by atoms with Crippen LogP contribution in [0.4, 0.5) is 4.39 Å². The number of halogens is 1. The molecule has 0 spiro atoms. The summed E-state index contributed by atoms with van der Waals surface area (Å²) in [7, 11) is 0. The van der Waals surface area contributed by atoms with Crippen LogP contribution in [0, 0.1) is 5.82 Å². The van der Waals surface area contributed by atoms with Crippen LogP contribution in [0.2, 0.25) is 0 Å². The number of hydrogen-bond acceptors (Lipinski definition) is 2. The summed E-state index contributed by atoms with van der Waals surface area (Å²) in [6.07, 6.45) is 9.52. The van der Waals surface area contributed by atoms with Gasteiger partial charge in [-0.25, -0.2) is 9.37 Å². The third kappa shape index (κ3) is 3.22. The topological polar surface area (TPSA) is 30.0 Å². The molecule has 17 heavy (non-hydrogen) atoms. The van der Waals surface area contributed by atoms with E-state index in [0.717, 1.165) is 37.5 Å². The van der Waals surface area contributed by atoms with Gasteiger partial charge in [0.25, 0.3) is 0 Å². The molecular formula is C14H16FNO. The Hall–Kier alpha value is -1.51. The summed E-state index contributed by atoms with van der Waals surface area (Å²) in [5.74, 6) is -0.458. The average molecular weight is 233 g/mol. The third-order valence-electron chi connectivity index (χ3n) is 3.04. The minimum absolute atomic E-state index is 0.0492. The van der Waals surface area contributed by atoms with Gasteiger partial charge in [0.2, 0.25) is 5.78 Å². The van der Waals surface area contributed by atoms with Gasteiger partial charge in [0.05, 0.1) is 6.20 Å². The number of rotatable bonds is 2. The van der Waals surface area contributed by atoms with Crippen LogP contribution in [0.25, 0.3) is 0 Å². The van der Waals surface area contributed by atoms with Crippen LogP contribution >= 0.6 is 0 Å². The number of pyridine rings is 1. The van der Waals surface area contributed by atoms with Crippen molar-refractivity contribution in [3.63, 3.8) is 0 Å². The number of aromatic nitrogens is 1. The Kier molecular flexibility index (Phi) is 4.02. The van der Waals surface area contributed by atoms with E-state index in [1.54, 1.807) is 0 Å². The highest BCUT2D eigenvalue weighted by Gasteiger charge is 2.14. The van der Waals surface area contributed by atoms with Gasteiger partial charge in [0.15, 0.2) is 0 Å². The van der Waals surface area contributed by atoms with Gasteiger partial charge in [-0.2, -0.15) is 0 Å². The fraction of sp³-hybridized carbons (Fsp3) is 0.429. The minimum atomic E-state index is -0.409. The van der Waals surface area contributed by atoms with Crippen molar-refractivity contribution in [3.8, 4) is 0 Å². The van der Waals surface area contributed by atoms with Crippen LogP contribution in [0.5, 0.6) is 0 Å². The van der Waals surface area contributed by atoms with E-state index in [2.05, 4.69) is 4.98 Å². The Morgan fingerprint density at radius 2 is 2.00 bits per heavy atom. The zero-order chi connectivity index (χ0) is 12.1. The highest BCUT2D eigenvalue weighted by molar-refractivity contribution is 6.07. The van der Waals surface area contributed by atoms with E-state index < -0.39 is 5.82 Å². The first-order valence-corrected chi connectivity index (χ1v) is 6.12. The molecule has 0 N–H and O–H groups in total. The van der Waals surface area contributed by atoms with Crippen LogP contribution in [0.3, 0.4) is 0 Å². The molecule has 0 aromatic carbocycles. The summed E-state index contributed by atoms with van der Waals surface area (Å²) in [5, 5.41) is 0. The first kappa shape index (κ1) is 12.0. The summed E-state index contributed by atoms with van der Waals surface area (Å²) in [4.78, 5) is 16.0. The number of nitrogens with zero attached hydrogens (tertiary/aromatic N) is 1. The second-order valence-electron chi connectivity index (χ2n) is 4.37. The van der Waals surface area contributed by atoms with Gasteiger partial charge in [-0.05, 0) is 43.4 Å². The van der Waals surface area contributed by atoms with Crippen molar-refractivity contribution in [2.45, 2.75) is 38.5 Å². The zero-order valence-corrected chi connectivity index (χ0v) is 9.79. The van der Waals surface area contributed by atoms with Gasteiger partial charge in [-0.15, -0.1) is 0 Å². The van der Waals surface area contributed by atoms with E-state index in [9.17, 15) is 9.18 Å². The molecule has 1 aliphatic rings. The lowest BCUT2D eigenvalue weighted by Crippen LogP contribution is -2.07. The van der Waals surface area contributed by atoms with Gasteiger partial charge < -0.3 is 0 Å². The lowest BCUT2D eigenvalue weighted by molar-refractivity contribution is 0.102. The van der Waals surface area contributed by atoms with E-state index in [1.165, 1.54) is 25.0 Å². The van der Waals surface area contributed by atoms with Crippen molar-refractivity contribution in [2.75, 3.05) is 0 Å². The maximum Gasteiger partial charge on any atom is 0.207 e. The smallest absolute Gasteiger partial charge is 0.207 e. The molecule has 0 unspecified atom stereocenters. The SMILES string of the molecule is O=C(/C1=C/CCCCCC1)c1ccc(F)cn1. The lowest BCUT2D eigenvalue weighted by Gasteiger charge is -2.09. The van der Waals surface area contributed by atoms with Gasteiger partial charge in [0.1, 0.15) is 11.5 Å². The fourth-order valence-electron chi connectivity index (χ4n) is 2.07. The van der Waals surface area contributed by atoms with Crippen LogP contribution < -0.4 is 0 Å². The van der Waals surface area contributed by atoms with E-state index in [-0.39, 0.29) is 5.78 Å². The van der Waals surface area contributed by atoms with Crippen LogP contribution in [-0.2, 0) is 0 Å². The Bertz CT molecular complexity index is 422. The van der Waals surface area contributed by atoms with Crippen molar-refractivity contribution in [2.24, 2.45) is 0 Å². The maximum absolute atomic E-state index is 12.7. The molecule has 2 rings (SSSR count). The summed E-state index contributed by atoms with van der Waals surface area (Å²) in [6, 6.07) is 2.74. The highest BCUT2D eigenvalue weighted by atomic mass is 19.1. The molecule has 1 heterocycles. The predicted octanol–water partition coefficient (Wildman–Crippen LogP) is 3.68. The average Bonchev–Trinajstić information content (AvgIpc) is 2.29. The molecule has 1 aliphatic carbocycles. The zero-order valence-electron chi connectivity index (χ0n) is 9.79. The van der Waals surface area contributed by atoms with E-state index in [0.29, 0.717) is 5.69 Å². The molecule has 0 radical (unpaired) electrons. The second-order valence-corrected chi connectivity index (χ2v) is 4.37. The molecule has 0 aliphatic heterocycles. The van der Waals surface area contributed by atoms with Crippen molar-refractivity contribution in [1.82, 2.24) is 4.98 Å². The van der Waals surface area contributed by atoms with Gasteiger partial charge in [-0.3, -0.25) is 4.79 Å². The minimum Gasteiger partial charge on any atom is -0.287 e. The molecule has 90 valence electrons. The molecule has 3 heteroatoms. The lowest BCUT2D eigenvalue weighted by atomic mass is 9.96. The molecule has 2 nitrogen and oxygen atoms in total. The Morgan fingerprint density at radius 1 is 1.18 bits per heavy atom. The number of allylic oxidation sites excluding steroid dienone is 2. The number of carbonyl (C=O) groups excluding carboxylic acids is 1. The summed E-state index contributed by atoms with van der Waals surface area (Å²) in [5.41, 5.74) is 1.18. The molecule has 1 aromatic heterocycles. The first-order valence-electron chi connectivity index (χ1n) is 6.12. The Morgan fingerprint density at radius 3 is 2.76 bits per heavy atom. The molecule has 0 saturated carbocycles. The molecule has 1 aromatic rings. The first-order chi connectivity index (χ1) is 8.27. The number of hydrogen-bond donors (Lipinski definition) is 0. The van der Waals surface area contributed by atoms with Crippen LogP contribution in [-0.4, -0.2) is 10.8 Å². The number of Topliss-reactive ketones (excluding diaryl/α,β-unsaturated/α-hetero) is 1. The predicted molar refractivity (Wildman–Crippen MR) is 64.3 cm³/mol. The molecule has 0 bridgehead atoms. The van der Waals surface area contributed by atoms with Crippen molar-refractivity contribution in [3.05, 3.63) is 41.5 Å². The highest BCUT2D eigenvalue weighted by Crippen LogP contribution is 2.19. The molecule has 0 amide bonds. The van der Waals surface area contributed by atoms with Crippen molar-refractivity contribution in [1.29, 1.82) is 0 Å². The van der Waals surface area contributed by atoms with Gasteiger partial charge in [-0.1, -0.05) is 18.9 Å². The molecule has 0 saturated heterocycles. The quantitative estimate of drug-likeness (QED) is 0.729. The summed E-state index contributed by atoms with van der Waals surface area (Å²) >= 11 is 0. The van der Waals surface area contributed by atoms with Crippen LogP contribution in [0.15, 0.2) is 30.0 Å². The van der Waals surface area contributed by atoms with Crippen molar-refractivity contribution < 1.29 is 9.18 Å². The third-order valence-corrected chi connectivity index (χ3v) is 3.04. The van der Waals surface area contributed by atoms with Crippen LogP contribution in [0.1, 0.15) is 49.0 Å². The molecule has 0 atom stereocenters. The maximum atomic E-state index is 12.7. The monoisotopic (exact) mass is 233 g/mol. The Labute approximate surface area is 101 Å².